The average Bonchev–Trinajstić information content (AvgIpc) is 3.31. The normalized spacial score (nSPS) is 13.2. The molecule has 0 unspecified atom stereocenters. The van der Waals surface area contributed by atoms with Gasteiger partial charge in [-0.1, -0.05) is 56.3 Å². The largest absolute Gasteiger partial charge is 0.487 e. The van der Waals surface area contributed by atoms with Crippen molar-refractivity contribution in [2.45, 2.75) is 65.5 Å². The zero-order valence-electron chi connectivity index (χ0n) is 22.1. The van der Waals surface area contributed by atoms with Crippen LogP contribution in [0.2, 0.25) is 0 Å². The number of rotatable bonds is 12. The van der Waals surface area contributed by atoms with Gasteiger partial charge in [-0.3, -0.25) is 4.79 Å². The summed E-state index contributed by atoms with van der Waals surface area (Å²) in [5, 5.41) is 6.61. The molecule has 3 aromatic carbocycles. The molecule has 1 amide bonds. The predicted molar refractivity (Wildman–Crippen MR) is 150 cm³/mol. The zero-order valence-corrected chi connectivity index (χ0v) is 22.1. The van der Waals surface area contributed by atoms with Gasteiger partial charge in [0.1, 0.15) is 18.2 Å². The molecule has 0 heterocycles. The zero-order chi connectivity index (χ0) is 26.2. The average molecular weight is 501 g/mol. The topological polar surface area (TPSA) is 50.4 Å². The van der Waals surface area contributed by atoms with Gasteiger partial charge in [0, 0.05) is 11.6 Å². The number of allylic oxidation sites excluding steroid dienone is 1. The molecule has 4 nitrogen and oxygen atoms in total. The van der Waals surface area contributed by atoms with E-state index >= 15 is 0 Å². The lowest BCUT2D eigenvalue weighted by atomic mass is 9.97. The summed E-state index contributed by atoms with van der Waals surface area (Å²) in [6.07, 6.45) is 9.81. The third-order valence-corrected chi connectivity index (χ3v) is 7.19. The summed E-state index contributed by atoms with van der Waals surface area (Å²) in [7, 11) is 0. The summed E-state index contributed by atoms with van der Waals surface area (Å²) in [4.78, 5) is 11.4. The van der Waals surface area contributed by atoms with E-state index in [1.807, 2.05) is 25.1 Å². The highest BCUT2D eigenvalue weighted by atomic mass is 19.1. The maximum absolute atomic E-state index is 13.2. The van der Waals surface area contributed by atoms with E-state index in [0.29, 0.717) is 23.9 Å². The minimum absolute atomic E-state index is 0.279. The van der Waals surface area contributed by atoms with Crippen molar-refractivity contribution in [3.05, 3.63) is 99.4 Å². The third-order valence-electron chi connectivity index (χ3n) is 7.19. The summed E-state index contributed by atoms with van der Waals surface area (Å²) in [5.74, 6) is 0.309. The molecule has 3 aromatic rings. The molecule has 0 saturated heterocycles. The van der Waals surface area contributed by atoms with Crippen LogP contribution < -0.4 is 15.4 Å². The molecule has 0 radical (unpaired) electrons. The van der Waals surface area contributed by atoms with E-state index in [4.69, 9.17) is 4.74 Å². The van der Waals surface area contributed by atoms with Crippen molar-refractivity contribution >= 4 is 18.2 Å². The Bertz CT molecular complexity index is 1220. The van der Waals surface area contributed by atoms with Crippen LogP contribution >= 0.6 is 0 Å². The van der Waals surface area contributed by atoms with E-state index in [1.165, 1.54) is 34.4 Å². The number of ether oxygens (including phenoxy) is 1. The fourth-order valence-corrected chi connectivity index (χ4v) is 5.28. The Labute approximate surface area is 219 Å². The first kappa shape index (κ1) is 26.6. The van der Waals surface area contributed by atoms with Gasteiger partial charge < -0.3 is 15.4 Å². The smallest absolute Gasteiger partial charge is 0.211 e. The number of amides is 1. The van der Waals surface area contributed by atoms with Gasteiger partial charge in [0.15, 0.2) is 0 Å². The number of benzene rings is 3. The quantitative estimate of drug-likeness (QED) is 0.282. The summed E-state index contributed by atoms with van der Waals surface area (Å²) >= 11 is 0. The van der Waals surface area contributed by atoms with Gasteiger partial charge >= 0.3 is 0 Å². The number of fused-ring (bicyclic) bond motifs is 1. The minimum Gasteiger partial charge on any atom is -0.487 e. The van der Waals surface area contributed by atoms with Gasteiger partial charge in [-0.25, -0.2) is 4.39 Å². The molecule has 1 aliphatic rings. The van der Waals surface area contributed by atoms with Crippen LogP contribution in [0.4, 0.5) is 10.1 Å². The highest BCUT2D eigenvalue weighted by Crippen LogP contribution is 2.33. The van der Waals surface area contributed by atoms with Crippen molar-refractivity contribution in [2.75, 3.05) is 11.9 Å². The van der Waals surface area contributed by atoms with Crippen molar-refractivity contribution in [1.29, 1.82) is 0 Å². The summed E-state index contributed by atoms with van der Waals surface area (Å²) in [5.41, 5.74) is 9.53. The number of nitrogens with one attached hydrogen (secondary N) is 2. The summed E-state index contributed by atoms with van der Waals surface area (Å²) < 4.78 is 19.2. The Morgan fingerprint density at radius 2 is 1.65 bits per heavy atom. The Morgan fingerprint density at radius 1 is 0.973 bits per heavy atom. The van der Waals surface area contributed by atoms with E-state index in [-0.39, 0.29) is 12.4 Å². The van der Waals surface area contributed by atoms with Gasteiger partial charge in [0.2, 0.25) is 6.41 Å². The first-order valence-corrected chi connectivity index (χ1v) is 13.3. The molecule has 0 aromatic heterocycles. The third kappa shape index (κ3) is 6.47. The second-order valence-corrected chi connectivity index (χ2v) is 9.59. The second-order valence-electron chi connectivity index (χ2n) is 9.59. The molecule has 1 aliphatic carbocycles. The number of halogens is 1. The molecule has 5 heteroatoms. The Hall–Kier alpha value is -3.44. The van der Waals surface area contributed by atoms with Crippen LogP contribution in [0.1, 0.15) is 59.7 Å². The first-order chi connectivity index (χ1) is 18.1. The van der Waals surface area contributed by atoms with Gasteiger partial charge in [-0.2, -0.15) is 0 Å². The van der Waals surface area contributed by atoms with Crippen LogP contribution in [0.3, 0.4) is 0 Å². The molecule has 37 heavy (non-hydrogen) atoms. The summed E-state index contributed by atoms with van der Waals surface area (Å²) in [6, 6.07) is 15.5. The SMILES string of the molecule is C/C=C\c1c(CCNC2Cc3cc(CC)c(CC)cc3C2)ccc(OCc2ccc(F)cc2)c1NC=O. The van der Waals surface area contributed by atoms with E-state index in [9.17, 15) is 9.18 Å². The van der Waals surface area contributed by atoms with Crippen molar-refractivity contribution < 1.29 is 13.9 Å². The number of carbonyl (C=O) groups is 1. The molecule has 4 rings (SSSR count). The predicted octanol–water partition coefficient (Wildman–Crippen LogP) is 6.43. The second kappa shape index (κ2) is 12.7. The number of anilines is 1. The Morgan fingerprint density at radius 3 is 2.24 bits per heavy atom. The van der Waals surface area contributed by atoms with Crippen LogP contribution in [0, 0.1) is 5.82 Å². The van der Waals surface area contributed by atoms with Gasteiger partial charge in [-0.15, -0.1) is 0 Å². The lowest BCUT2D eigenvalue weighted by Crippen LogP contribution is -2.31. The van der Waals surface area contributed by atoms with Gasteiger partial charge in [-0.05, 0) is 97.2 Å². The molecule has 0 fully saturated rings. The minimum atomic E-state index is -0.279. The van der Waals surface area contributed by atoms with Crippen molar-refractivity contribution in [3.8, 4) is 5.75 Å². The fourth-order valence-electron chi connectivity index (χ4n) is 5.28. The molecule has 0 bridgehead atoms. The molecule has 0 aliphatic heterocycles. The monoisotopic (exact) mass is 500 g/mol. The number of aryl methyl sites for hydroxylation is 2. The number of carbonyl (C=O) groups excluding carboxylic acids is 1. The standard InChI is InChI=1S/C32H37FN2O2/c1-4-7-30-25(10-13-31(32(30)35-21-36)37-20-22-8-11-28(33)12-9-22)14-15-34-29-18-26-16-23(5-2)24(6-3)17-27(26)19-29/h4,7-13,16-17,21,29,34H,5-6,14-15,18-20H2,1-3H3,(H,35,36)/b7-4-. The van der Waals surface area contributed by atoms with Crippen LogP contribution in [-0.4, -0.2) is 19.0 Å². The van der Waals surface area contributed by atoms with Crippen LogP contribution in [0.5, 0.6) is 5.75 Å². The van der Waals surface area contributed by atoms with Gasteiger partial charge in [0.05, 0.1) is 5.69 Å². The van der Waals surface area contributed by atoms with E-state index in [0.717, 1.165) is 55.3 Å². The Kier molecular flexibility index (Phi) is 9.13. The van der Waals surface area contributed by atoms with E-state index in [2.05, 4.69) is 42.7 Å². The number of hydrogen-bond acceptors (Lipinski definition) is 3. The van der Waals surface area contributed by atoms with Crippen molar-refractivity contribution in [2.24, 2.45) is 0 Å². The molecular formula is C32H37FN2O2. The van der Waals surface area contributed by atoms with Crippen LogP contribution in [0.15, 0.2) is 54.6 Å². The summed E-state index contributed by atoms with van der Waals surface area (Å²) in [6.45, 7) is 7.57. The van der Waals surface area contributed by atoms with Crippen molar-refractivity contribution in [1.82, 2.24) is 5.32 Å². The molecule has 0 spiro atoms. The molecule has 0 atom stereocenters. The maximum atomic E-state index is 13.2. The maximum Gasteiger partial charge on any atom is 0.211 e. The van der Waals surface area contributed by atoms with Gasteiger partial charge in [0.25, 0.3) is 0 Å². The molecule has 194 valence electrons. The Balaban J connectivity index is 1.44. The van der Waals surface area contributed by atoms with E-state index < -0.39 is 0 Å². The fraction of sp³-hybridized carbons (Fsp3) is 0.344. The first-order valence-electron chi connectivity index (χ1n) is 13.3. The van der Waals surface area contributed by atoms with Crippen LogP contribution in [0.25, 0.3) is 6.08 Å². The molecule has 2 N–H and O–H groups in total. The lowest BCUT2D eigenvalue weighted by Gasteiger charge is -2.18. The molecule has 0 saturated carbocycles. The van der Waals surface area contributed by atoms with Crippen LogP contribution in [-0.2, 0) is 43.5 Å². The highest BCUT2D eigenvalue weighted by Gasteiger charge is 2.22. The van der Waals surface area contributed by atoms with E-state index in [1.54, 1.807) is 12.1 Å². The number of hydrogen-bond donors (Lipinski definition) is 2. The lowest BCUT2D eigenvalue weighted by molar-refractivity contribution is -0.105. The highest BCUT2D eigenvalue weighted by molar-refractivity contribution is 5.84. The van der Waals surface area contributed by atoms with Crippen molar-refractivity contribution in [3.63, 3.8) is 0 Å². The molecular weight excluding hydrogens is 463 g/mol.